The number of allylic oxidation sites excluding steroid dienone is 6. The molecule has 302 valence electrons. The van der Waals surface area contributed by atoms with Gasteiger partial charge in [0.25, 0.3) is 0 Å². The monoisotopic (exact) mass is 735 g/mol. The van der Waals surface area contributed by atoms with Gasteiger partial charge < -0.3 is 23.8 Å². The molecule has 0 saturated heterocycles. The van der Waals surface area contributed by atoms with E-state index < -0.39 is 18.1 Å². The van der Waals surface area contributed by atoms with E-state index in [0.29, 0.717) is 19.3 Å². The maximum atomic E-state index is 12.7. The second kappa shape index (κ2) is 35.6. The van der Waals surface area contributed by atoms with Gasteiger partial charge in [0, 0.05) is 19.3 Å². The smallest absolute Gasteiger partial charge is 0.362 e. The molecule has 0 aliphatic carbocycles. The molecule has 0 radical (unpaired) electrons. The van der Waals surface area contributed by atoms with Crippen LogP contribution in [0.5, 0.6) is 0 Å². The van der Waals surface area contributed by atoms with Crippen LogP contribution in [0.2, 0.25) is 0 Å². The molecule has 2 atom stereocenters. The average molecular weight is 735 g/mol. The number of esters is 2. The summed E-state index contributed by atoms with van der Waals surface area (Å²) in [7, 11) is 5.51. The molecule has 0 aliphatic rings. The molecular formula is C44H80NO7+. The van der Waals surface area contributed by atoms with Crippen molar-refractivity contribution in [2.24, 2.45) is 0 Å². The number of quaternary nitrogens is 1. The summed E-state index contributed by atoms with van der Waals surface area (Å²) in [5.74, 6) is -1.49. The quantitative estimate of drug-likeness (QED) is 0.0293. The lowest BCUT2D eigenvalue weighted by Crippen LogP contribution is -2.50. The first-order valence-electron chi connectivity index (χ1n) is 21.0. The van der Waals surface area contributed by atoms with Gasteiger partial charge in [-0.15, -0.1) is 0 Å². The first-order chi connectivity index (χ1) is 25.1. The highest BCUT2D eigenvalue weighted by molar-refractivity contribution is 5.72. The van der Waals surface area contributed by atoms with Crippen molar-refractivity contribution in [3.05, 3.63) is 36.5 Å². The zero-order chi connectivity index (χ0) is 38.5. The fourth-order valence-corrected chi connectivity index (χ4v) is 5.92. The lowest BCUT2D eigenvalue weighted by molar-refractivity contribution is -0.887. The van der Waals surface area contributed by atoms with Gasteiger partial charge in [-0.1, -0.05) is 127 Å². The van der Waals surface area contributed by atoms with Gasteiger partial charge in [-0.3, -0.25) is 9.59 Å². The number of nitrogens with zero attached hydrogens (tertiary/aromatic N) is 1. The van der Waals surface area contributed by atoms with Crippen LogP contribution in [-0.4, -0.2) is 80.6 Å². The van der Waals surface area contributed by atoms with Crippen LogP contribution in [0.3, 0.4) is 0 Å². The van der Waals surface area contributed by atoms with Crippen molar-refractivity contribution in [1.29, 1.82) is 0 Å². The van der Waals surface area contributed by atoms with E-state index in [1.165, 1.54) is 77.0 Å². The van der Waals surface area contributed by atoms with Gasteiger partial charge in [-0.2, -0.15) is 0 Å². The molecular weight excluding hydrogens is 654 g/mol. The average Bonchev–Trinajstić information content (AvgIpc) is 3.09. The Balaban J connectivity index is 4.35. The van der Waals surface area contributed by atoms with Crippen molar-refractivity contribution in [1.82, 2.24) is 0 Å². The fourth-order valence-electron chi connectivity index (χ4n) is 5.92. The molecule has 0 bridgehead atoms. The minimum atomic E-state index is -0.878. The maximum absolute atomic E-state index is 12.7. The molecule has 8 nitrogen and oxygen atoms in total. The van der Waals surface area contributed by atoms with Crippen LogP contribution >= 0.6 is 0 Å². The van der Waals surface area contributed by atoms with E-state index in [9.17, 15) is 19.5 Å². The van der Waals surface area contributed by atoms with E-state index in [1.807, 2.05) is 21.1 Å². The number of aliphatic carboxylic acids is 1. The van der Waals surface area contributed by atoms with Crippen LogP contribution in [0.1, 0.15) is 174 Å². The molecule has 0 aromatic heterocycles. The van der Waals surface area contributed by atoms with Crippen LogP contribution in [0.25, 0.3) is 0 Å². The summed E-state index contributed by atoms with van der Waals surface area (Å²) in [6.45, 7) is 4.65. The Hall–Kier alpha value is -2.45. The Morgan fingerprint density at radius 2 is 1.04 bits per heavy atom. The van der Waals surface area contributed by atoms with Crippen LogP contribution in [0, 0.1) is 0 Å². The van der Waals surface area contributed by atoms with Gasteiger partial charge in [-0.05, 0) is 64.2 Å². The lowest BCUT2D eigenvalue weighted by atomic mass is 10.1. The molecule has 1 N–H and O–H groups in total. The summed E-state index contributed by atoms with van der Waals surface area (Å²) in [6.07, 6.45) is 38.9. The normalized spacial score (nSPS) is 13.3. The van der Waals surface area contributed by atoms with Crippen molar-refractivity contribution in [3.63, 3.8) is 0 Å². The van der Waals surface area contributed by atoms with Crippen molar-refractivity contribution in [3.8, 4) is 0 Å². The van der Waals surface area contributed by atoms with Crippen LogP contribution in [-0.2, 0) is 28.6 Å². The number of carboxylic acids is 1. The zero-order valence-electron chi connectivity index (χ0n) is 34.3. The van der Waals surface area contributed by atoms with Crippen molar-refractivity contribution >= 4 is 17.9 Å². The minimum absolute atomic E-state index is 0.0558. The Morgan fingerprint density at radius 3 is 1.56 bits per heavy atom. The first-order valence-corrected chi connectivity index (χ1v) is 21.0. The number of carboxylic acid groups (broad SMARTS) is 1. The zero-order valence-corrected chi connectivity index (χ0v) is 34.3. The molecule has 52 heavy (non-hydrogen) atoms. The van der Waals surface area contributed by atoms with E-state index in [4.69, 9.17) is 14.2 Å². The van der Waals surface area contributed by atoms with E-state index in [1.54, 1.807) is 0 Å². The van der Waals surface area contributed by atoms with Crippen molar-refractivity contribution < 1.29 is 38.2 Å². The molecule has 2 unspecified atom stereocenters. The molecule has 0 aromatic rings. The highest BCUT2D eigenvalue weighted by atomic mass is 16.6. The number of rotatable bonds is 37. The topological polar surface area (TPSA) is 99.1 Å². The number of likely N-dealkylation sites (N-methyl/N-ethyl adjacent to an activating group) is 1. The Labute approximate surface area is 319 Å². The number of ether oxygens (including phenoxy) is 3. The van der Waals surface area contributed by atoms with E-state index >= 15 is 0 Å². The third kappa shape index (κ3) is 33.4. The molecule has 0 saturated carbocycles. The van der Waals surface area contributed by atoms with Gasteiger partial charge in [0.2, 0.25) is 0 Å². The van der Waals surface area contributed by atoms with Crippen molar-refractivity contribution in [2.75, 3.05) is 41.0 Å². The number of hydrogen-bond donors (Lipinski definition) is 1. The first kappa shape index (κ1) is 49.6. The molecule has 0 aliphatic heterocycles. The minimum Gasteiger partial charge on any atom is -0.477 e. The van der Waals surface area contributed by atoms with Crippen LogP contribution in [0.4, 0.5) is 0 Å². The molecule has 8 heteroatoms. The third-order valence-electron chi connectivity index (χ3n) is 9.26. The van der Waals surface area contributed by atoms with Gasteiger partial charge in [0.05, 0.1) is 34.4 Å². The number of unbranched alkanes of at least 4 members (excludes halogenated alkanes) is 17. The summed E-state index contributed by atoms with van der Waals surface area (Å²) in [4.78, 5) is 36.9. The second-order valence-electron chi connectivity index (χ2n) is 15.2. The van der Waals surface area contributed by atoms with E-state index in [-0.39, 0.29) is 36.2 Å². The predicted molar refractivity (Wildman–Crippen MR) is 215 cm³/mol. The Morgan fingerprint density at radius 1 is 0.577 bits per heavy atom. The highest BCUT2D eigenvalue weighted by Gasteiger charge is 2.31. The van der Waals surface area contributed by atoms with Crippen LogP contribution < -0.4 is 0 Å². The number of carbonyl (C=O) groups excluding carboxylic acids is 2. The standard InChI is InChI=1S/C44H79NO7/c1-6-8-10-12-14-16-18-19-20-21-22-23-25-26-28-30-32-34-42(46)51-39-40(38-50-37-36-41(44(48)49)45(3,4)5)52-43(47)35-33-31-29-27-24-17-15-13-11-9-7-2/h13-16,19-20,40-41H,6-12,17-18,21-39H2,1-5H3/p+1/b15-13+,16-14+,20-19+. The van der Waals surface area contributed by atoms with E-state index in [0.717, 1.165) is 64.2 Å². The fraction of sp³-hybridized carbons (Fsp3) is 0.795. The third-order valence-corrected chi connectivity index (χ3v) is 9.26. The van der Waals surface area contributed by atoms with Gasteiger partial charge >= 0.3 is 17.9 Å². The Kier molecular flexibility index (Phi) is 33.9. The highest BCUT2D eigenvalue weighted by Crippen LogP contribution is 2.13. The molecule has 0 aromatic carbocycles. The largest absolute Gasteiger partial charge is 0.477 e. The van der Waals surface area contributed by atoms with Gasteiger partial charge in [0.15, 0.2) is 12.1 Å². The molecule has 0 amide bonds. The summed E-state index contributed by atoms with van der Waals surface area (Å²) in [5.41, 5.74) is 0. The number of carbonyl (C=O) groups is 3. The van der Waals surface area contributed by atoms with Crippen molar-refractivity contribution in [2.45, 2.75) is 187 Å². The van der Waals surface area contributed by atoms with E-state index in [2.05, 4.69) is 50.3 Å². The summed E-state index contributed by atoms with van der Waals surface area (Å²) in [6, 6.07) is -0.615. The predicted octanol–water partition coefficient (Wildman–Crippen LogP) is 11.1. The summed E-state index contributed by atoms with van der Waals surface area (Å²) >= 11 is 0. The van der Waals surface area contributed by atoms with Gasteiger partial charge in [-0.25, -0.2) is 4.79 Å². The number of hydrogen-bond acceptors (Lipinski definition) is 6. The molecule has 0 spiro atoms. The molecule has 0 rings (SSSR count). The lowest BCUT2D eigenvalue weighted by Gasteiger charge is -2.31. The second-order valence-corrected chi connectivity index (χ2v) is 15.2. The maximum Gasteiger partial charge on any atom is 0.362 e. The Bertz CT molecular complexity index is 953. The summed E-state index contributed by atoms with van der Waals surface area (Å²) < 4.78 is 17.2. The molecule has 0 heterocycles. The van der Waals surface area contributed by atoms with Crippen LogP contribution in [0.15, 0.2) is 36.5 Å². The molecule has 0 fully saturated rings. The van der Waals surface area contributed by atoms with Gasteiger partial charge in [0.1, 0.15) is 6.61 Å². The SMILES string of the molecule is CCCC/C=C/CCCCCCCC(=O)OC(COCCC(C(=O)O)[N+](C)(C)C)COC(=O)CCCCCCCCC/C=C/C/C=C/CCCCC. The summed E-state index contributed by atoms with van der Waals surface area (Å²) in [5, 5.41) is 9.59.